The summed E-state index contributed by atoms with van der Waals surface area (Å²) in [6.45, 7) is 6.32. The number of carbonyl (C=O) groups is 1. The number of nitriles is 1. The first-order chi connectivity index (χ1) is 10.5. The second-order valence-corrected chi connectivity index (χ2v) is 5.31. The second kappa shape index (κ2) is 8.40. The Morgan fingerprint density at radius 3 is 2.64 bits per heavy atom. The highest BCUT2D eigenvalue weighted by molar-refractivity contribution is 5.98. The standard InChI is InChI=1S/C17H24N2O3/c1-5-9-17(3,22-10-6-2)16(20)19-15-8-7-14(21-4)11-13(15)12-18/h7-8,11H,5-6,9-10H2,1-4H3,(H,19,20). The largest absolute Gasteiger partial charge is 0.497 e. The minimum atomic E-state index is -0.891. The SMILES string of the molecule is CCCOC(C)(CCC)C(=O)Nc1ccc(OC)cc1C#N. The number of benzene rings is 1. The summed E-state index contributed by atoms with van der Waals surface area (Å²) < 4.78 is 10.8. The Labute approximate surface area is 132 Å². The van der Waals surface area contributed by atoms with Gasteiger partial charge in [-0.05, 0) is 38.0 Å². The van der Waals surface area contributed by atoms with E-state index in [4.69, 9.17) is 9.47 Å². The average Bonchev–Trinajstić information content (AvgIpc) is 2.53. The maximum atomic E-state index is 12.6. The van der Waals surface area contributed by atoms with E-state index < -0.39 is 5.60 Å². The first kappa shape index (κ1) is 18.0. The fourth-order valence-electron chi connectivity index (χ4n) is 2.16. The molecule has 0 aliphatic carbocycles. The van der Waals surface area contributed by atoms with Crippen molar-refractivity contribution < 1.29 is 14.3 Å². The summed E-state index contributed by atoms with van der Waals surface area (Å²) in [7, 11) is 1.53. The zero-order valence-corrected chi connectivity index (χ0v) is 13.7. The van der Waals surface area contributed by atoms with Crippen molar-refractivity contribution in [1.82, 2.24) is 0 Å². The van der Waals surface area contributed by atoms with Crippen molar-refractivity contribution >= 4 is 11.6 Å². The third kappa shape index (κ3) is 4.47. The molecule has 0 aliphatic rings. The number of nitrogens with one attached hydrogen (secondary N) is 1. The third-order valence-electron chi connectivity index (χ3n) is 3.43. The Morgan fingerprint density at radius 2 is 2.09 bits per heavy atom. The van der Waals surface area contributed by atoms with Crippen LogP contribution in [0.3, 0.4) is 0 Å². The lowest BCUT2D eigenvalue weighted by atomic mass is 9.98. The molecule has 0 saturated heterocycles. The fourth-order valence-corrected chi connectivity index (χ4v) is 2.16. The van der Waals surface area contributed by atoms with E-state index in [1.165, 1.54) is 7.11 Å². The highest BCUT2D eigenvalue weighted by Crippen LogP contribution is 2.25. The summed E-state index contributed by atoms with van der Waals surface area (Å²) in [4.78, 5) is 12.6. The zero-order chi connectivity index (χ0) is 16.6. The lowest BCUT2D eigenvalue weighted by molar-refractivity contribution is -0.140. The van der Waals surface area contributed by atoms with E-state index in [1.807, 2.05) is 13.8 Å². The van der Waals surface area contributed by atoms with E-state index in [0.29, 0.717) is 30.0 Å². The van der Waals surface area contributed by atoms with Crippen molar-refractivity contribution in [3.63, 3.8) is 0 Å². The lowest BCUT2D eigenvalue weighted by Gasteiger charge is -2.28. The zero-order valence-electron chi connectivity index (χ0n) is 13.7. The number of rotatable bonds is 8. The van der Waals surface area contributed by atoms with Gasteiger partial charge in [-0.15, -0.1) is 0 Å². The van der Waals surface area contributed by atoms with Gasteiger partial charge in [-0.25, -0.2) is 0 Å². The summed E-state index contributed by atoms with van der Waals surface area (Å²) in [5.74, 6) is 0.345. The van der Waals surface area contributed by atoms with E-state index in [2.05, 4.69) is 11.4 Å². The molecule has 0 aliphatic heterocycles. The van der Waals surface area contributed by atoms with Gasteiger partial charge in [-0.3, -0.25) is 4.79 Å². The molecule has 0 heterocycles. The van der Waals surface area contributed by atoms with Crippen molar-refractivity contribution in [2.45, 2.75) is 45.6 Å². The Kier molecular flexibility index (Phi) is 6.87. The summed E-state index contributed by atoms with van der Waals surface area (Å²) in [5, 5.41) is 12.0. The molecule has 0 saturated carbocycles. The van der Waals surface area contributed by atoms with Crippen LogP contribution >= 0.6 is 0 Å². The molecule has 1 rings (SSSR count). The number of anilines is 1. The third-order valence-corrected chi connectivity index (χ3v) is 3.43. The smallest absolute Gasteiger partial charge is 0.256 e. The molecule has 0 spiro atoms. The molecular formula is C17H24N2O3. The first-order valence-electron chi connectivity index (χ1n) is 7.54. The molecule has 1 amide bonds. The minimum absolute atomic E-state index is 0.232. The molecule has 1 aromatic carbocycles. The van der Waals surface area contributed by atoms with Crippen molar-refractivity contribution in [2.75, 3.05) is 19.0 Å². The Balaban J connectivity index is 2.96. The highest BCUT2D eigenvalue weighted by Gasteiger charge is 2.33. The molecule has 0 bridgehead atoms. The van der Waals surface area contributed by atoms with E-state index in [0.717, 1.165) is 12.8 Å². The molecule has 22 heavy (non-hydrogen) atoms. The van der Waals surface area contributed by atoms with E-state index in [9.17, 15) is 10.1 Å². The van der Waals surface area contributed by atoms with E-state index in [1.54, 1.807) is 25.1 Å². The fraction of sp³-hybridized carbons (Fsp3) is 0.529. The molecule has 5 heteroatoms. The van der Waals surface area contributed by atoms with Crippen molar-refractivity contribution in [3.8, 4) is 11.8 Å². The van der Waals surface area contributed by atoms with Crippen molar-refractivity contribution in [1.29, 1.82) is 5.26 Å². The molecule has 120 valence electrons. The van der Waals surface area contributed by atoms with Crippen molar-refractivity contribution in [3.05, 3.63) is 23.8 Å². The maximum Gasteiger partial charge on any atom is 0.256 e. The molecule has 1 aromatic rings. The van der Waals surface area contributed by atoms with Gasteiger partial charge in [-0.1, -0.05) is 20.3 Å². The first-order valence-corrected chi connectivity index (χ1v) is 7.54. The number of carbonyl (C=O) groups excluding carboxylic acids is 1. The molecule has 1 N–H and O–H groups in total. The number of hydrogen-bond acceptors (Lipinski definition) is 4. The molecular weight excluding hydrogens is 280 g/mol. The molecule has 1 atom stereocenters. The van der Waals surface area contributed by atoms with Crippen LogP contribution < -0.4 is 10.1 Å². The van der Waals surface area contributed by atoms with Crippen LogP contribution in [-0.2, 0) is 9.53 Å². The van der Waals surface area contributed by atoms with Gasteiger partial charge in [0.25, 0.3) is 5.91 Å². The number of nitrogens with zero attached hydrogens (tertiary/aromatic N) is 1. The number of methoxy groups -OCH3 is 1. The number of hydrogen-bond donors (Lipinski definition) is 1. The predicted molar refractivity (Wildman–Crippen MR) is 85.9 cm³/mol. The van der Waals surface area contributed by atoms with Gasteiger partial charge in [0.1, 0.15) is 17.4 Å². The van der Waals surface area contributed by atoms with Gasteiger partial charge in [0.15, 0.2) is 0 Å². The van der Waals surface area contributed by atoms with Crippen LogP contribution in [-0.4, -0.2) is 25.2 Å². The predicted octanol–water partition coefficient (Wildman–Crippen LogP) is 3.49. The van der Waals surface area contributed by atoms with Crippen LogP contribution in [0, 0.1) is 11.3 Å². The number of amides is 1. The summed E-state index contributed by atoms with van der Waals surface area (Å²) in [6, 6.07) is 7.04. The van der Waals surface area contributed by atoms with Crippen LogP contribution in [0.5, 0.6) is 5.75 Å². The normalized spacial score (nSPS) is 13.0. The van der Waals surface area contributed by atoms with Gasteiger partial charge in [-0.2, -0.15) is 5.26 Å². The van der Waals surface area contributed by atoms with Crippen LogP contribution in [0.15, 0.2) is 18.2 Å². The minimum Gasteiger partial charge on any atom is -0.497 e. The van der Waals surface area contributed by atoms with E-state index in [-0.39, 0.29) is 5.91 Å². The van der Waals surface area contributed by atoms with Gasteiger partial charge < -0.3 is 14.8 Å². The van der Waals surface area contributed by atoms with Gasteiger partial charge in [0.05, 0.1) is 18.4 Å². The Hall–Kier alpha value is -2.06. The second-order valence-electron chi connectivity index (χ2n) is 5.31. The Morgan fingerprint density at radius 1 is 1.36 bits per heavy atom. The molecule has 0 fully saturated rings. The monoisotopic (exact) mass is 304 g/mol. The molecule has 5 nitrogen and oxygen atoms in total. The highest BCUT2D eigenvalue weighted by atomic mass is 16.5. The van der Waals surface area contributed by atoms with Crippen LogP contribution in [0.1, 0.15) is 45.6 Å². The average molecular weight is 304 g/mol. The molecule has 0 aromatic heterocycles. The topological polar surface area (TPSA) is 71.3 Å². The summed E-state index contributed by atoms with van der Waals surface area (Å²) in [5.41, 5.74) is -0.0602. The molecule has 1 unspecified atom stereocenters. The molecule has 0 radical (unpaired) electrons. The maximum absolute atomic E-state index is 12.6. The Bertz CT molecular complexity index is 551. The van der Waals surface area contributed by atoms with E-state index >= 15 is 0 Å². The van der Waals surface area contributed by atoms with Gasteiger partial charge >= 0.3 is 0 Å². The number of ether oxygens (including phenoxy) is 2. The van der Waals surface area contributed by atoms with Gasteiger partial charge in [0, 0.05) is 6.61 Å². The van der Waals surface area contributed by atoms with Crippen LogP contribution in [0.25, 0.3) is 0 Å². The lowest BCUT2D eigenvalue weighted by Crippen LogP contribution is -2.43. The summed E-state index contributed by atoms with van der Waals surface area (Å²) >= 11 is 0. The quantitative estimate of drug-likeness (QED) is 0.798. The van der Waals surface area contributed by atoms with Crippen molar-refractivity contribution in [2.24, 2.45) is 0 Å². The van der Waals surface area contributed by atoms with Gasteiger partial charge in [0.2, 0.25) is 0 Å². The summed E-state index contributed by atoms with van der Waals surface area (Å²) in [6.07, 6.45) is 2.30. The van der Waals surface area contributed by atoms with Crippen LogP contribution in [0.4, 0.5) is 5.69 Å². The van der Waals surface area contributed by atoms with Crippen LogP contribution in [0.2, 0.25) is 0 Å².